The molecule has 0 aliphatic rings. The van der Waals surface area contributed by atoms with Gasteiger partial charge in [-0.25, -0.2) is 4.79 Å². The Bertz CT molecular complexity index is 817. The van der Waals surface area contributed by atoms with Crippen molar-refractivity contribution in [3.63, 3.8) is 0 Å². The summed E-state index contributed by atoms with van der Waals surface area (Å²) in [4.78, 5) is 36.3. The van der Waals surface area contributed by atoms with Crippen LogP contribution in [0.1, 0.15) is 232 Å². The fraction of sp³-hybridized carbons (Fsp3) is 0.886. The average molecular weight is 721 g/mol. The van der Waals surface area contributed by atoms with Gasteiger partial charge >= 0.3 is 11.9 Å². The molecule has 0 bridgehead atoms. The summed E-state index contributed by atoms with van der Waals surface area (Å²) in [5.41, 5.74) is 5.48. The van der Waals surface area contributed by atoms with Gasteiger partial charge in [-0.3, -0.25) is 9.59 Å². The number of carboxylic acids is 1. The number of amides is 1. The second kappa shape index (κ2) is 39.3. The standard InChI is InChI=1S/C44H84N2O5/c1-3-5-7-9-11-13-15-16-17-18-19-20-22-25-29-34-40(51-43(48)38-32-28-23-21-14-12-10-8-6-4-2)35-30-26-24-27-31-37-42(47)46-41(44(49)50)36-33-39-45/h18-19,40-41H,3-17,20-39,45H2,1-2H3,(H,46,47)(H,49,50)/b19-18-. The molecule has 0 aliphatic heterocycles. The highest BCUT2D eigenvalue weighted by Crippen LogP contribution is 2.19. The van der Waals surface area contributed by atoms with Crippen molar-refractivity contribution in [1.82, 2.24) is 5.32 Å². The number of nitrogens with two attached hydrogens (primary N) is 1. The Morgan fingerprint density at radius 1 is 0.549 bits per heavy atom. The zero-order valence-electron chi connectivity index (χ0n) is 33.7. The van der Waals surface area contributed by atoms with Gasteiger partial charge in [0.15, 0.2) is 0 Å². The molecule has 7 heteroatoms. The maximum absolute atomic E-state index is 12.8. The van der Waals surface area contributed by atoms with Crippen LogP contribution >= 0.6 is 0 Å². The lowest BCUT2D eigenvalue weighted by Gasteiger charge is -2.18. The van der Waals surface area contributed by atoms with Crippen LogP contribution in [0.3, 0.4) is 0 Å². The quantitative estimate of drug-likeness (QED) is 0.0329. The fourth-order valence-corrected chi connectivity index (χ4v) is 6.74. The number of allylic oxidation sites excluding steroid dienone is 2. The molecular formula is C44H84N2O5. The van der Waals surface area contributed by atoms with Crippen LogP contribution < -0.4 is 11.1 Å². The van der Waals surface area contributed by atoms with E-state index in [0.717, 1.165) is 70.6 Å². The highest BCUT2D eigenvalue weighted by molar-refractivity contribution is 5.83. The van der Waals surface area contributed by atoms with Gasteiger partial charge in [-0.05, 0) is 83.6 Å². The summed E-state index contributed by atoms with van der Waals surface area (Å²) in [6, 6.07) is -0.855. The molecule has 0 radical (unpaired) electrons. The molecule has 0 saturated carbocycles. The van der Waals surface area contributed by atoms with E-state index in [1.807, 2.05) is 0 Å². The molecule has 2 unspecified atom stereocenters. The van der Waals surface area contributed by atoms with Crippen molar-refractivity contribution in [3.05, 3.63) is 12.2 Å². The van der Waals surface area contributed by atoms with E-state index in [1.54, 1.807) is 0 Å². The van der Waals surface area contributed by atoms with E-state index in [0.29, 0.717) is 32.2 Å². The van der Waals surface area contributed by atoms with E-state index in [9.17, 15) is 19.5 Å². The first-order valence-corrected chi connectivity index (χ1v) is 22.0. The molecule has 0 saturated heterocycles. The number of hydrogen-bond donors (Lipinski definition) is 3. The van der Waals surface area contributed by atoms with Gasteiger partial charge in [-0.1, -0.05) is 154 Å². The molecule has 0 rings (SSSR count). The van der Waals surface area contributed by atoms with Gasteiger partial charge in [0.2, 0.25) is 5.91 Å². The van der Waals surface area contributed by atoms with Gasteiger partial charge in [0.25, 0.3) is 0 Å². The van der Waals surface area contributed by atoms with Crippen LogP contribution in [0.2, 0.25) is 0 Å². The number of ether oxygens (including phenoxy) is 1. The van der Waals surface area contributed by atoms with Crippen LogP contribution in [-0.4, -0.2) is 41.6 Å². The molecule has 0 aromatic carbocycles. The lowest BCUT2D eigenvalue weighted by molar-refractivity contribution is -0.150. The number of aliphatic carboxylic acids is 1. The maximum Gasteiger partial charge on any atom is 0.326 e. The molecule has 0 fully saturated rings. The van der Waals surface area contributed by atoms with Gasteiger partial charge in [0.05, 0.1) is 0 Å². The number of carboxylic acid groups (broad SMARTS) is 1. The molecular weight excluding hydrogens is 636 g/mol. The molecule has 1 amide bonds. The van der Waals surface area contributed by atoms with E-state index in [-0.39, 0.29) is 18.0 Å². The summed E-state index contributed by atoms with van der Waals surface area (Å²) >= 11 is 0. The van der Waals surface area contributed by atoms with Gasteiger partial charge in [-0.2, -0.15) is 0 Å². The zero-order chi connectivity index (χ0) is 37.5. The third-order valence-corrected chi connectivity index (χ3v) is 10.1. The lowest BCUT2D eigenvalue weighted by atomic mass is 10.0. The molecule has 7 nitrogen and oxygen atoms in total. The van der Waals surface area contributed by atoms with Crippen LogP contribution in [0.5, 0.6) is 0 Å². The number of esters is 1. The Labute approximate surface area is 315 Å². The minimum Gasteiger partial charge on any atom is -0.480 e. The molecule has 0 aromatic heterocycles. The zero-order valence-corrected chi connectivity index (χ0v) is 33.7. The minimum absolute atomic E-state index is 0.00499. The minimum atomic E-state index is -1.00. The molecule has 0 aliphatic carbocycles. The number of carbonyl (C=O) groups excluding carboxylic acids is 2. The first-order valence-electron chi connectivity index (χ1n) is 22.0. The highest BCUT2D eigenvalue weighted by Gasteiger charge is 2.19. The Balaban J connectivity index is 4.33. The molecule has 0 heterocycles. The number of carbonyl (C=O) groups is 3. The molecule has 300 valence electrons. The van der Waals surface area contributed by atoms with Crippen molar-refractivity contribution in [1.29, 1.82) is 0 Å². The number of rotatable bonds is 40. The number of unbranched alkanes of at least 4 members (excludes halogenated alkanes) is 24. The molecule has 2 atom stereocenters. The monoisotopic (exact) mass is 721 g/mol. The smallest absolute Gasteiger partial charge is 0.326 e. The van der Waals surface area contributed by atoms with Crippen LogP contribution in [0, 0.1) is 0 Å². The SMILES string of the molecule is CCCCCCCCCC/C=C\CCCCCC(CCCCCCCC(=O)NC(CCCN)C(=O)O)OC(=O)CCCCCCCCCCCC. The fourth-order valence-electron chi connectivity index (χ4n) is 6.74. The van der Waals surface area contributed by atoms with Crippen molar-refractivity contribution >= 4 is 17.8 Å². The van der Waals surface area contributed by atoms with Crippen LogP contribution in [-0.2, 0) is 19.1 Å². The van der Waals surface area contributed by atoms with Crippen LogP contribution in [0.15, 0.2) is 12.2 Å². The van der Waals surface area contributed by atoms with Crippen molar-refractivity contribution in [2.45, 2.75) is 244 Å². The second-order valence-electron chi connectivity index (χ2n) is 15.1. The maximum atomic E-state index is 12.8. The summed E-state index contributed by atoms with van der Waals surface area (Å²) in [5.74, 6) is -1.23. The Kier molecular flexibility index (Phi) is 37.9. The van der Waals surface area contributed by atoms with Crippen molar-refractivity contribution in [2.75, 3.05) is 6.54 Å². The summed E-state index contributed by atoms with van der Waals surface area (Å²) in [5, 5.41) is 11.9. The van der Waals surface area contributed by atoms with E-state index < -0.39 is 12.0 Å². The predicted molar refractivity (Wildman–Crippen MR) is 216 cm³/mol. The van der Waals surface area contributed by atoms with E-state index in [2.05, 4.69) is 31.3 Å². The average Bonchev–Trinajstić information content (AvgIpc) is 3.11. The first kappa shape index (κ1) is 49.1. The summed E-state index contributed by atoms with van der Waals surface area (Å²) in [7, 11) is 0. The van der Waals surface area contributed by atoms with Crippen molar-refractivity contribution < 1.29 is 24.2 Å². The van der Waals surface area contributed by atoms with Gasteiger partial charge in [0, 0.05) is 12.8 Å². The third-order valence-electron chi connectivity index (χ3n) is 10.1. The lowest BCUT2D eigenvalue weighted by Crippen LogP contribution is -2.40. The second-order valence-corrected chi connectivity index (χ2v) is 15.1. The van der Waals surface area contributed by atoms with E-state index >= 15 is 0 Å². The largest absolute Gasteiger partial charge is 0.480 e. The summed E-state index contributed by atoms with van der Waals surface area (Å²) in [6.45, 7) is 4.94. The van der Waals surface area contributed by atoms with Gasteiger partial charge in [0.1, 0.15) is 12.1 Å². The number of nitrogens with one attached hydrogen (secondary N) is 1. The Morgan fingerprint density at radius 2 is 0.961 bits per heavy atom. The molecule has 4 N–H and O–H groups in total. The van der Waals surface area contributed by atoms with Crippen molar-refractivity contribution in [2.24, 2.45) is 5.73 Å². The Hall–Kier alpha value is -1.89. The molecule has 0 spiro atoms. The molecule has 51 heavy (non-hydrogen) atoms. The normalized spacial score (nSPS) is 12.7. The summed E-state index contributed by atoms with van der Waals surface area (Å²) < 4.78 is 6.03. The topological polar surface area (TPSA) is 119 Å². The van der Waals surface area contributed by atoms with Gasteiger partial charge in [-0.15, -0.1) is 0 Å². The molecule has 0 aromatic rings. The third kappa shape index (κ3) is 36.3. The summed E-state index contributed by atoms with van der Waals surface area (Å²) in [6.07, 6.45) is 42.5. The Morgan fingerprint density at radius 3 is 1.43 bits per heavy atom. The predicted octanol–water partition coefficient (Wildman–Crippen LogP) is 12.3. The first-order chi connectivity index (χ1) is 24.9. The van der Waals surface area contributed by atoms with Gasteiger partial charge < -0.3 is 20.9 Å². The van der Waals surface area contributed by atoms with E-state index in [1.165, 1.54) is 122 Å². The number of hydrogen-bond acceptors (Lipinski definition) is 5. The highest BCUT2D eigenvalue weighted by atomic mass is 16.5. The van der Waals surface area contributed by atoms with Crippen molar-refractivity contribution in [3.8, 4) is 0 Å². The van der Waals surface area contributed by atoms with E-state index in [4.69, 9.17) is 10.5 Å². The van der Waals surface area contributed by atoms with Crippen LogP contribution in [0.4, 0.5) is 0 Å². The van der Waals surface area contributed by atoms with Crippen LogP contribution in [0.25, 0.3) is 0 Å².